The molecule has 1 aliphatic rings. The number of rotatable bonds is 5. The van der Waals surface area contributed by atoms with Gasteiger partial charge in [0.25, 0.3) is 5.69 Å². The summed E-state index contributed by atoms with van der Waals surface area (Å²) in [6, 6.07) is 7.50. The van der Waals surface area contributed by atoms with Gasteiger partial charge in [-0.3, -0.25) is 14.9 Å². The summed E-state index contributed by atoms with van der Waals surface area (Å²) in [6.07, 6.45) is 1.21. The third-order valence-electron chi connectivity index (χ3n) is 4.60. The quantitative estimate of drug-likeness (QED) is 0.578. The molecule has 1 aliphatic heterocycles. The van der Waals surface area contributed by atoms with E-state index in [1.165, 1.54) is 35.6 Å². The van der Waals surface area contributed by atoms with Crippen LogP contribution in [0, 0.1) is 17.0 Å². The molecule has 0 unspecified atom stereocenters. The van der Waals surface area contributed by atoms with E-state index in [4.69, 9.17) is 0 Å². The van der Waals surface area contributed by atoms with Gasteiger partial charge in [0.05, 0.1) is 9.82 Å². The van der Waals surface area contributed by atoms with Gasteiger partial charge in [0.15, 0.2) is 0 Å². The molecule has 0 spiro atoms. The number of nitrogens with zero attached hydrogens (tertiary/aromatic N) is 4. The predicted octanol–water partition coefficient (Wildman–Crippen LogP) is 1.77. The monoisotopic (exact) mass is 419 g/mol. The van der Waals surface area contributed by atoms with E-state index in [1.54, 1.807) is 19.1 Å². The maximum absolute atomic E-state index is 12.9. The summed E-state index contributed by atoms with van der Waals surface area (Å²) < 4.78 is 27.2. The van der Waals surface area contributed by atoms with Crippen molar-refractivity contribution in [1.29, 1.82) is 0 Å². The van der Waals surface area contributed by atoms with E-state index in [2.05, 4.69) is 10.3 Å². The number of anilines is 2. The Hall–Kier alpha value is -3.05. The van der Waals surface area contributed by atoms with E-state index >= 15 is 0 Å². The SMILES string of the molecule is CC(=O)Nc1ccc(S(=O)(=O)N2CCN(c3ncc([N+](=O)[O-])cc3C)CC2)cc1. The zero-order valence-corrected chi connectivity index (χ0v) is 16.8. The molecule has 1 aromatic heterocycles. The van der Waals surface area contributed by atoms with Crippen LogP contribution in [0.15, 0.2) is 41.4 Å². The smallest absolute Gasteiger partial charge is 0.287 e. The maximum atomic E-state index is 12.9. The van der Waals surface area contributed by atoms with Crippen LogP contribution in [0.5, 0.6) is 0 Å². The Kier molecular flexibility index (Phi) is 5.80. The molecule has 0 bridgehead atoms. The molecule has 0 atom stereocenters. The molecule has 11 heteroatoms. The summed E-state index contributed by atoms with van der Waals surface area (Å²) in [7, 11) is -3.66. The number of aromatic nitrogens is 1. The van der Waals surface area contributed by atoms with Gasteiger partial charge >= 0.3 is 0 Å². The average molecular weight is 419 g/mol. The molecule has 0 aliphatic carbocycles. The molecule has 1 N–H and O–H groups in total. The first kappa shape index (κ1) is 20.7. The number of carbonyl (C=O) groups excluding carboxylic acids is 1. The molecule has 1 aromatic carbocycles. The molecule has 1 amide bonds. The average Bonchev–Trinajstić information content (AvgIpc) is 2.68. The van der Waals surface area contributed by atoms with Crippen molar-refractivity contribution in [1.82, 2.24) is 9.29 Å². The van der Waals surface area contributed by atoms with Crippen LogP contribution in [-0.4, -0.2) is 54.7 Å². The summed E-state index contributed by atoms with van der Waals surface area (Å²) in [5.41, 5.74) is 1.13. The van der Waals surface area contributed by atoms with E-state index in [0.29, 0.717) is 30.2 Å². The van der Waals surface area contributed by atoms with Gasteiger partial charge in [-0.1, -0.05) is 0 Å². The number of amides is 1. The van der Waals surface area contributed by atoms with Crippen molar-refractivity contribution in [3.8, 4) is 0 Å². The van der Waals surface area contributed by atoms with Gasteiger partial charge in [0, 0.05) is 44.9 Å². The Labute approximate surface area is 168 Å². The zero-order chi connectivity index (χ0) is 21.2. The number of hydrogen-bond donors (Lipinski definition) is 1. The second kappa shape index (κ2) is 8.13. The van der Waals surface area contributed by atoms with Crippen LogP contribution in [0.25, 0.3) is 0 Å². The highest BCUT2D eigenvalue weighted by Gasteiger charge is 2.29. The Balaban J connectivity index is 1.69. The van der Waals surface area contributed by atoms with Crippen LogP contribution in [-0.2, 0) is 14.8 Å². The number of sulfonamides is 1. The molecule has 3 rings (SSSR count). The molecule has 10 nitrogen and oxygen atoms in total. The zero-order valence-electron chi connectivity index (χ0n) is 16.0. The van der Waals surface area contributed by atoms with Crippen molar-refractivity contribution in [2.45, 2.75) is 18.7 Å². The van der Waals surface area contributed by atoms with E-state index in [-0.39, 0.29) is 29.6 Å². The highest BCUT2D eigenvalue weighted by Crippen LogP contribution is 2.25. The van der Waals surface area contributed by atoms with E-state index < -0.39 is 14.9 Å². The Morgan fingerprint density at radius 2 is 1.79 bits per heavy atom. The summed E-state index contributed by atoms with van der Waals surface area (Å²) in [4.78, 5) is 27.7. The number of piperazine rings is 1. The fourth-order valence-corrected chi connectivity index (χ4v) is 4.61. The first-order valence-corrected chi connectivity index (χ1v) is 10.4. The minimum atomic E-state index is -3.66. The summed E-state index contributed by atoms with van der Waals surface area (Å²) in [6.45, 7) is 4.52. The van der Waals surface area contributed by atoms with Crippen LogP contribution >= 0.6 is 0 Å². The Bertz CT molecular complexity index is 1030. The van der Waals surface area contributed by atoms with Crippen molar-refractivity contribution in [2.75, 3.05) is 36.4 Å². The normalized spacial score (nSPS) is 15.2. The van der Waals surface area contributed by atoms with Crippen molar-refractivity contribution in [3.63, 3.8) is 0 Å². The molecule has 1 saturated heterocycles. The number of nitro groups is 1. The van der Waals surface area contributed by atoms with Crippen molar-refractivity contribution < 1.29 is 18.1 Å². The van der Waals surface area contributed by atoms with Crippen molar-refractivity contribution in [2.24, 2.45) is 0 Å². The maximum Gasteiger partial charge on any atom is 0.287 e. The third kappa shape index (κ3) is 4.51. The van der Waals surface area contributed by atoms with E-state index in [9.17, 15) is 23.3 Å². The van der Waals surface area contributed by atoms with Crippen LogP contribution in [0.1, 0.15) is 12.5 Å². The van der Waals surface area contributed by atoms with Crippen molar-refractivity contribution >= 4 is 33.1 Å². The Morgan fingerprint density at radius 1 is 1.17 bits per heavy atom. The second-order valence-electron chi connectivity index (χ2n) is 6.69. The van der Waals surface area contributed by atoms with Gasteiger partial charge in [0.2, 0.25) is 15.9 Å². The number of carbonyl (C=O) groups is 1. The largest absolute Gasteiger partial charge is 0.354 e. The lowest BCUT2D eigenvalue weighted by Gasteiger charge is -2.35. The van der Waals surface area contributed by atoms with Gasteiger partial charge in [0.1, 0.15) is 12.0 Å². The molecule has 1 fully saturated rings. The van der Waals surface area contributed by atoms with Gasteiger partial charge < -0.3 is 10.2 Å². The van der Waals surface area contributed by atoms with Crippen LogP contribution in [0.2, 0.25) is 0 Å². The number of nitrogens with one attached hydrogen (secondary N) is 1. The number of benzene rings is 1. The number of pyridine rings is 1. The van der Waals surface area contributed by atoms with Gasteiger partial charge in [-0.25, -0.2) is 13.4 Å². The standard InChI is InChI=1S/C18H21N5O5S/c1-13-11-16(23(25)26)12-19-18(13)21-7-9-22(10-8-21)29(27,28)17-5-3-15(4-6-17)20-14(2)24/h3-6,11-12H,7-10H2,1-2H3,(H,20,24). The second-order valence-corrected chi connectivity index (χ2v) is 8.63. The Morgan fingerprint density at radius 3 is 2.31 bits per heavy atom. The molecule has 0 radical (unpaired) electrons. The van der Waals surface area contributed by atoms with Gasteiger partial charge in [-0.2, -0.15) is 4.31 Å². The lowest BCUT2D eigenvalue weighted by atomic mass is 10.2. The third-order valence-corrected chi connectivity index (χ3v) is 6.51. The first-order chi connectivity index (χ1) is 13.7. The van der Waals surface area contributed by atoms with E-state index in [1.807, 2.05) is 4.90 Å². The molecule has 2 heterocycles. The predicted molar refractivity (Wildman–Crippen MR) is 107 cm³/mol. The highest BCUT2D eigenvalue weighted by atomic mass is 32.2. The summed E-state index contributed by atoms with van der Waals surface area (Å²) >= 11 is 0. The van der Waals surface area contributed by atoms with E-state index in [0.717, 1.165) is 0 Å². The number of aryl methyl sites for hydroxylation is 1. The van der Waals surface area contributed by atoms with Gasteiger partial charge in [-0.05, 0) is 36.8 Å². The fourth-order valence-electron chi connectivity index (χ4n) is 3.19. The lowest BCUT2D eigenvalue weighted by molar-refractivity contribution is -0.385. The fraction of sp³-hybridized carbons (Fsp3) is 0.333. The lowest BCUT2D eigenvalue weighted by Crippen LogP contribution is -2.49. The molecule has 29 heavy (non-hydrogen) atoms. The van der Waals surface area contributed by atoms with Crippen LogP contribution < -0.4 is 10.2 Å². The highest BCUT2D eigenvalue weighted by molar-refractivity contribution is 7.89. The van der Waals surface area contributed by atoms with Crippen LogP contribution in [0.4, 0.5) is 17.2 Å². The van der Waals surface area contributed by atoms with Crippen LogP contribution in [0.3, 0.4) is 0 Å². The summed E-state index contributed by atoms with van der Waals surface area (Å²) in [5.74, 6) is 0.388. The summed E-state index contributed by atoms with van der Waals surface area (Å²) in [5, 5.41) is 13.5. The minimum Gasteiger partial charge on any atom is -0.354 e. The number of hydrogen-bond acceptors (Lipinski definition) is 7. The van der Waals surface area contributed by atoms with Gasteiger partial charge in [-0.15, -0.1) is 0 Å². The molecular weight excluding hydrogens is 398 g/mol. The first-order valence-electron chi connectivity index (χ1n) is 8.92. The van der Waals surface area contributed by atoms with Crippen molar-refractivity contribution in [3.05, 3.63) is 52.2 Å². The molecule has 2 aromatic rings. The molecule has 0 saturated carbocycles. The molecule has 154 valence electrons. The topological polar surface area (TPSA) is 126 Å². The minimum absolute atomic E-state index is 0.0739. The molecular formula is C18H21N5O5S.